The van der Waals surface area contributed by atoms with E-state index in [0.717, 1.165) is 6.92 Å². The number of hydrogen-bond donors (Lipinski definition) is 3. The number of aliphatic hydroxyl groups is 3. The average Bonchev–Trinajstić information content (AvgIpc) is 3.63. The molecule has 2 saturated heterocycles. The summed E-state index contributed by atoms with van der Waals surface area (Å²) in [5.41, 5.74) is -6.90. The van der Waals surface area contributed by atoms with Gasteiger partial charge in [0.2, 0.25) is 0 Å². The molecule has 4 fully saturated rings. The van der Waals surface area contributed by atoms with Crippen molar-refractivity contribution < 1.29 is 67.4 Å². The Morgan fingerprint density at radius 2 is 1.88 bits per heavy atom. The van der Waals surface area contributed by atoms with Crippen LogP contribution in [0.3, 0.4) is 0 Å². The van der Waals surface area contributed by atoms with E-state index in [2.05, 4.69) is 6.58 Å². The molecule has 0 aromatic carbocycles. The van der Waals surface area contributed by atoms with Gasteiger partial charge in [0.1, 0.15) is 30.5 Å². The molecule has 1 aromatic heterocycles. The molecule has 3 heterocycles. The fraction of sp³-hybridized carbons (Fsp3) is 0.686. The van der Waals surface area contributed by atoms with Gasteiger partial charge in [0.05, 0.1) is 24.4 Å². The van der Waals surface area contributed by atoms with Gasteiger partial charge in [-0.15, -0.1) is 0 Å². The predicted octanol–water partition coefficient (Wildman–Crippen LogP) is 2.12. The molecule has 13 atom stereocenters. The lowest BCUT2D eigenvalue weighted by Crippen LogP contribution is -2.72. The van der Waals surface area contributed by atoms with Crippen LogP contribution in [-0.4, -0.2) is 94.0 Å². The molecule has 0 amide bonds. The van der Waals surface area contributed by atoms with Crippen LogP contribution in [0.2, 0.25) is 0 Å². The van der Waals surface area contributed by atoms with Gasteiger partial charge in [-0.1, -0.05) is 40.7 Å². The number of hydrogen-bond acceptors (Lipinski definition) is 14. The van der Waals surface area contributed by atoms with Crippen molar-refractivity contribution in [3.63, 3.8) is 0 Å². The minimum absolute atomic E-state index is 0.134. The molecule has 49 heavy (non-hydrogen) atoms. The number of aliphatic hydroxyl groups excluding tert-OH is 2. The van der Waals surface area contributed by atoms with Gasteiger partial charge in [-0.25, -0.2) is 4.79 Å². The summed E-state index contributed by atoms with van der Waals surface area (Å²) in [7, 11) is 0. The second-order valence-corrected chi connectivity index (χ2v) is 14.6. The molecule has 4 aliphatic rings. The second-order valence-electron chi connectivity index (χ2n) is 14.6. The maximum absolute atomic E-state index is 14.3. The number of cyclic esters (lactones) is 1. The molecule has 14 heteroatoms. The molecule has 14 nitrogen and oxygen atoms in total. The van der Waals surface area contributed by atoms with Crippen LogP contribution in [0.4, 0.5) is 0 Å². The predicted molar refractivity (Wildman–Crippen MR) is 166 cm³/mol. The van der Waals surface area contributed by atoms with Crippen molar-refractivity contribution in [2.24, 2.45) is 28.6 Å². The van der Waals surface area contributed by atoms with Crippen LogP contribution >= 0.6 is 0 Å². The van der Waals surface area contributed by atoms with E-state index in [9.17, 15) is 39.3 Å². The van der Waals surface area contributed by atoms with Crippen molar-refractivity contribution in [3.8, 4) is 0 Å². The SMILES string of the molecule is C=C1C(C2(C)C(OC(C)=O)CC(O)OC3(C)COC(=O)CC32)C(OC=O)C(OC(=O)C(O)C(C)CC)C2(C)C(c3ccoc3)CC(=O)C12O. The molecule has 270 valence electrons. The molecule has 2 saturated carbocycles. The number of fused-ring (bicyclic) bond motifs is 2. The molecule has 5 rings (SSSR count). The van der Waals surface area contributed by atoms with E-state index in [4.69, 9.17) is 28.1 Å². The van der Waals surface area contributed by atoms with Gasteiger partial charge in [-0.2, -0.15) is 0 Å². The number of rotatable bonds is 9. The standard InChI is InChI=1S/C35H46O14/c1-8-17(2)28(41)31(42)48-30-29(46-16-36)27(18(3)35(43)23(38)11-21(34(30,35)7)20-9-10-44-14-20)33(6)22-12-25(39)45-15-32(22,5)49-26(40)13-24(33)47-19(4)37/h9-10,14,16-17,21-22,24,26-30,40-41,43H,3,8,11-13,15H2,1-2,4-7H3. The molecule has 2 aliphatic heterocycles. The van der Waals surface area contributed by atoms with E-state index >= 15 is 0 Å². The van der Waals surface area contributed by atoms with Gasteiger partial charge in [-0.3, -0.25) is 19.2 Å². The molecular weight excluding hydrogens is 644 g/mol. The molecule has 1 aromatic rings. The number of ether oxygens (including phenoxy) is 5. The van der Waals surface area contributed by atoms with Crippen molar-refractivity contribution in [2.75, 3.05) is 6.61 Å². The number of carbonyl (C=O) groups is 5. The normalized spacial score (nSPS) is 41.7. The maximum Gasteiger partial charge on any atom is 0.335 e. The zero-order chi connectivity index (χ0) is 36.3. The minimum atomic E-state index is -2.46. The molecule has 13 unspecified atom stereocenters. The Kier molecular flexibility index (Phi) is 9.69. The van der Waals surface area contributed by atoms with Gasteiger partial charge >= 0.3 is 17.9 Å². The number of esters is 3. The van der Waals surface area contributed by atoms with E-state index in [1.54, 1.807) is 33.8 Å². The Hall–Kier alpha value is -3.59. The topological polar surface area (TPSA) is 205 Å². The number of carbonyl (C=O) groups excluding carboxylic acids is 5. The van der Waals surface area contributed by atoms with Crippen LogP contribution < -0.4 is 0 Å². The Balaban J connectivity index is 1.80. The van der Waals surface area contributed by atoms with Crippen molar-refractivity contribution in [1.29, 1.82) is 0 Å². The fourth-order valence-corrected chi connectivity index (χ4v) is 9.26. The summed E-state index contributed by atoms with van der Waals surface area (Å²) in [6, 6.07) is 1.60. The van der Waals surface area contributed by atoms with Crippen LogP contribution in [0.15, 0.2) is 35.2 Å². The summed E-state index contributed by atoms with van der Waals surface area (Å²) in [6.07, 6.45) is -5.30. The zero-order valence-corrected chi connectivity index (χ0v) is 28.6. The summed E-state index contributed by atoms with van der Waals surface area (Å²) in [5.74, 6) is -6.89. The summed E-state index contributed by atoms with van der Waals surface area (Å²) in [6.45, 7) is 13.4. The van der Waals surface area contributed by atoms with Gasteiger partial charge < -0.3 is 43.4 Å². The van der Waals surface area contributed by atoms with Crippen LogP contribution in [0, 0.1) is 28.6 Å². The quantitative estimate of drug-likeness (QED) is 0.147. The first-order chi connectivity index (χ1) is 22.9. The second kappa shape index (κ2) is 12.9. The van der Waals surface area contributed by atoms with Gasteiger partial charge in [-0.05, 0) is 30.0 Å². The Labute approximate surface area is 284 Å². The van der Waals surface area contributed by atoms with Crippen LogP contribution in [0.5, 0.6) is 0 Å². The summed E-state index contributed by atoms with van der Waals surface area (Å²) < 4.78 is 34.6. The molecule has 0 radical (unpaired) electrons. The highest BCUT2D eigenvalue weighted by Crippen LogP contribution is 2.68. The third-order valence-electron chi connectivity index (χ3n) is 12.1. The Morgan fingerprint density at radius 3 is 2.47 bits per heavy atom. The molecule has 3 N–H and O–H groups in total. The Morgan fingerprint density at radius 1 is 1.18 bits per heavy atom. The van der Waals surface area contributed by atoms with Crippen molar-refractivity contribution in [1.82, 2.24) is 0 Å². The molecule has 0 spiro atoms. The lowest BCUT2D eigenvalue weighted by molar-refractivity contribution is -0.251. The van der Waals surface area contributed by atoms with Crippen LogP contribution in [0.25, 0.3) is 0 Å². The van der Waals surface area contributed by atoms with Gasteiger partial charge in [0.15, 0.2) is 23.8 Å². The molecule has 2 aliphatic carbocycles. The smallest absolute Gasteiger partial charge is 0.335 e. The fourth-order valence-electron chi connectivity index (χ4n) is 9.26. The highest BCUT2D eigenvalue weighted by molar-refractivity contribution is 5.96. The monoisotopic (exact) mass is 690 g/mol. The lowest BCUT2D eigenvalue weighted by Gasteiger charge is -2.61. The summed E-state index contributed by atoms with van der Waals surface area (Å²) in [5, 5.41) is 34.9. The van der Waals surface area contributed by atoms with Crippen LogP contribution in [0.1, 0.15) is 78.7 Å². The first kappa shape index (κ1) is 36.7. The first-order valence-corrected chi connectivity index (χ1v) is 16.5. The molecule has 0 bridgehead atoms. The Bertz CT molecular complexity index is 1490. The number of furan rings is 1. The van der Waals surface area contributed by atoms with Crippen molar-refractivity contribution >= 4 is 30.2 Å². The number of Topliss-reactive ketones (excluding diaryl/α,β-unsaturated/α-hetero) is 1. The average molecular weight is 691 g/mol. The minimum Gasteiger partial charge on any atom is -0.472 e. The highest BCUT2D eigenvalue weighted by atomic mass is 16.6. The third kappa shape index (κ3) is 5.51. The highest BCUT2D eigenvalue weighted by Gasteiger charge is 2.77. The van der Waals surface area contributed by atoms with E-state index in [1.165, 1.54) is 19.5 Å². The lowest BCUT2D eigenvalue weighted by atomic mass is 9.46. The van der Waals surface area contributed by atoms with Gasteiger partial charge in [0.25, 0.3) is 6.47 Å². The van der Waals surface area contributed by atoms with E-state index in [0.29, 0.717) is 12.0 Å². The van der Waals surface area contributed by atoms with E-state index in [1.807, 2.05) is 0 Å². The third-order valence-corrected chi connectivity index (χ3v) is 12.1. The van der Waals surface area contributed by atoms with Crippen LogP contribution in [-0.2, 0) is 47.7 Å². The zero-order valence-electron chi connectivity index (χ0n) is 28.6. The van der Waals surface area contributed by atoms with E-state index in [-0.39, 0.29) is 37.9 Å². The van der Waals surface area contributed by atoms with E-state index < -0.39 is 100 Å². The first-order valence-electron chi connectivity index (χ1n) is 16.5. The maximum atomic E-state index is 14.3. The summed E-state index contributed by atoms with van der Waals surface area (Å²) in [4.78, 5) is 66.1. The van der Waals surface area contributed by atoms with Crippen molar-refractivity contribution in [3.05, 3.63) is 36.3 Å². The summed E-state index contributed by atoms with van der Waals surface area (Å²) >= 11 is 0. The van der Waals surface area contributed by atoms with Gasteiger partial charge in [0, 0.05) is 42.9 Å². The largest absolute Gasteiger partial charge is 0.472 e. The number of ketones is 1. The van der Waals surface area contributed by atoms with Crippen molar-refractivity contribution in [2.45, 2.75) is 115 Å². The molecular formula is C35H46O14.